The Morgan fingerprint density at radius 1 is 1.38 bits per heavy atom. The fraction of sp³-hybridized carbons (Fsp3) is 0. The first kappa shape index (κ1) is 4.76. The molecule has 1 aromatic rings. The zero-order valence-electron chi connectivity index (χ0n) is 3.75. The van der Waals surface area contributed by atoms with Crippen molar-refractivity contribution in [2.24, 2.45) is 5.73 Å². The summed E-state index contributed by atoms with van der Waals surface area (Å²) in [5.74, 6) is 0. The molecule has 1 heterocycles. The van der Waals surface area contributed by atoms with E-state index in [1.165, 1.54) is 0 Å². The Hall–Kier alpha value is -1.39. The van der Waals surface area contributed by atoms with Crippen LogP contribution < -0.4 is 16.9 Å². The highest BCUT2D eigenvalue weighted by Gasteiger charge is 2.19. The molecule has 1 rings (SSSR count). The predicted molar refractivity (Wildman–Crippen MR) is 24.3 cm³/mol. The van der Waals surface area contributed by atoms with Crippen LogP contribution in [0.1, 0.15) is 0 Å². The van der Waals surface area contributed by atoms with Crippen LogP contribution in [0.2, 0.25) is 0 Å². The lowest BCUT2D eigenvalue weighted by Gasteiger charge is -1.72. The zero-order chi connectivity index (χ0) is 6.31. The van der Waals surface area contributed by atoms with Crippen LogP contribution in [-0.4, -0.2) is 10.6 Å². The van der Waals surface area contributed by atoms with Gasteiger partial charge < -0.3 is 5.73 Å². The molecule has 0 fully saturated rings. The molecule has 5 nitrogen and oxygen atoms in total. The normalized spacial score (nSPS) is 10.0. The molecule has 0 aliphatic rings. The van der Waals surface area contributed by atoms with E-state index in [-0.39, 0.29) is 0 Å². The topological polar surface area (TPSA) is 82.2 Å². The van der Waals surface area contributed by atoms with Crippen LogP contribution in [0.15, 0.2) is 9.59 Å². The third kappa shape index (κ3) is 0.378. The number of carbonyl (C=O) groups excluding carboxylic acids is 1. The van der Waals surface area contributed by atoms with Crippen molar-refractivity contribution >= 4 is 6.03 Å². The van der Waals surface area contributed by atoms with Crippen LogP contribution in [0.3, 0.4) is 0 Å². The molecule has 0 saturated carbocycles. The number of amides is 1. The van der Waals surface area contributed by atoms with E-state index in [2.05, 4.69) is 5.73 Å². The van der Waals surface area contributed by atoms with Gasteiger partial charge in [-0.15, -0.1) is 0 Å². The van der Waals surface area contributed by atoms with E-state index in [4.69, 9.17) is 0 Å². The minimum Gasteiger partial charge on any atom is -0.351 e. The van der Waals surface area contributed by atoms with E-state index >= 15 is 0 Å². The van der Waals surface area contributed by atoms with E-state index in [9.17, 15) is 14.4 Å². The summed E-state index contributed by atoms with van der Waals surface area (Å²) in [5, 5.41) is 0. The molecule has 0 spiro atoms. The van der Waals surface area contributed by atoms with E-state index in [0.29, 0.717) is 4.57 Å². The number of hydrogen-bond acceptors (Lipinski definition) is 3. The van der Waals surface area contributed by atoms with Gasteiger partial charge in [0.05, 0.1) is 0 Å². The van der Waals surface area contributed by atoms with Gasteiger partial charge >= 0.3 is 17.1 Å². The summed E-state index contributed by atoms with van der Waals surface area (Å²) in [5.41, 5.74) is 2.88. The number of aromatic nitrogens is 1. The molecule has 2 N–H and O–H groups in total. The van der Waals surface area contributed by atoms with Gasteiger partial charge in [-0.05, 0) is 0 Å². The monoisotopic (exact) mass is 114 g/mol. The van der Waals surface area contributed by atoms with Crippen LogP contribution in [0.25, 0.3) is 0 Å². The summed E-state index contributed by atoms with van der Waals surface area (Å²) < 4.78 is 0.361. The average Bonchev–Trinajstić information content (AvgIpc) is 2.15. The zero-order valence-corrected chi connectivity index (χ0v) is 3.75. The molecule has 1 amide bonds. The summed E-state index contributed by atoms with van der Waals surface area (Å²) in [6, 6.07) is -1.000. The lowest BCUT2D eigenvalue weighted by atomic mass is 11.1. The number of nitrogens with zero attached hydrogens (tertiary/aromatic N) is 1. The maximum absolute atomic E-state index is 9.93. The predicted octanol–water partition coefficient (Wildman–Crippen LogP) is -1.99. The average molecular weight is 114 g/mol. The van der Waals surface area contributed by atoms with E-state index in [1.807, 2.05) is 0 Å². The summed E-state index contributed by atoms with van der Waals surface area (Å²) in [6.07, 6.45) is 0. The van der Waals surface area contributed by atoms with Gasteiger partial charge in [0.15, 0.2) is 0 Å². The number of hydrogen-bond donors (Lipinski definition) is 1. The molecule has 0 radical (unpaired) electrons. The third-order valence-corrected chi connectivity index (χ3v) is 0.760. The fourth-order valence-electron chi connectivity index (χ4n) is 0.335. The van der Waals surface area contributed by atoms with Gasteiger partial charge in [-0.1, -0.05) is 0 Å². The highest BCUT2D eigenvalue weighted by Crippen LogP contribution is 1.63. The van der Waals surface area contributed by atoms with E-state index in [1.54, 1.807) is 0 Å². The Labute approximate surface area is 43.0 Å². The molecule has 5 heteroatoms. The van der Waals surface area contributed by atoms with Crippen molar-refractivity contribution in [3.05, 3.63) is 20.7 Å². The van der Waals surface area contributed by atoms with Gasteiger partial charge in [0.25, 0.3) is 0 Å². The first-order valence-corrected chi connectivity index (χ1v) is 1.82. The maximum Gasteiger partial charge on any atom is 0.329 e. The Kier molecular flexibility index (Phi) is 0.630. The first-order valence-electron chi connectivity index (χ1n) is 1.82. The summed E-state index contributed by atoms with van der Waals surface area (Å²) in [7, 11) is 0. The van der Waals surface area contributed by atoms with E-state index in [0.717, 1.165) is 0 Å². The van der Waals surface area contributed by atoms with Gasteiger partial charge in [-0.3, -0.25) is 9.59 Å². The molecular weight excluding hydrogens is 112 g/mol. The lowest BCUT2D eigenvalue weighted by molar-refractivity contribution is 0.251. The number of rotatable bonds is 0. The smallest absolute Gasteiger partial charge is 0.329 e. The second kappa shape index (κ2) is 1.06. The van der Waals surface area contributed by atoms with Crippen LogP contribution in [0.4, 0.5) is 4.79 Å². The van der Waals surface area contributed by atoms with Crippen LogP contribution in [0, 0.1) is 0 Å². The van der Waals surface area contributed by atoms with Crippen LogP contribution in [0.5, 0.6) is 0 Å². The second-order valence-corrected chi connectivity index (χ2v) is 1.28. The third-order valence-electron chi connectivity index (χ3n) is 0.760. The van der Waals surface area contributed by atoms with Crippen molar-refractivity contribution in [2.45, 2.75) is 0 Å². The Balaban J connectivity index is 3.16. The molecule has 8 heavy (non-hydrogen) atoms. The molecule has 1 aromatic heterocycles. The molecule has 0 saturated heterocycles. The molecule has 0 aromatic carbocycles. The first-order chi connectivity index (χ1) is 3.64. The van der Waals surface area contributed by atoms with Crippen molar-refractivity contribution in [3.63, 3.8) is 0 Å². The Morgan fingerprint density at radius 3 is 1.75 bits per heavy atom. The molecule has 0 aliphatic heterocycles. The van der Waals surface area contributed by atoms with Crippen LogP contribution >= 0.6 is 0 Å². The molecule has 0 aliphatic carbocycles. The standard InChI is InChI=1S/C3H2N2O3/c4-3(8)5-1(6)2(5)7/h(H2,4,8). The molecular formula is C3H2N2O3. The number of primary amides is 1. The number of nitrogens with two attached hydrogens (primary N) is 1. The van der Waals surface area contributed by atoms with Crippen molar-refractivity contribution in [3.8, 4) is 0 Å². The van der Waals surface area contributed by atoms with Gasteiger partial charge in [0.1, 0.15) is 0 Å². The molecule has 0 atom stereocenters. The Morgan fingerprint density at radius 2 is 1.75 bits per heavy atom. The summed E-state index contributed by atoms with van der Waals surface area (Å²) >= 11 is 0. The minimum atomic E-state index is -1.000. The summed E-state index contributed by atoms with van der Waals surface area (Å²) in [4.78, 5) is 29.8. The molecule has 0 bridgehead atoms. The lowest BCUT2D eigenvalue weighted by Crippen LogP contribution is -2.18. The van der Waals surface area contributed by atoms with Crippen LogP contribution in [-0.2, 0) is 0 Å². The Bertz CT molecular complexity index is 265. The molecule has 42 valence electrons. The van der Waals surface area contributed by atoms with E-state index < -0.39 is 17.1 Å². The second-order valence-electron chi connectivity index (χ2n) is 1.28. The fourth-order valence-corrected chi connectivity index (χ4v) is 0.335. The van der Waals surface area contributed by atoms with Gasteiger partial charge in [0.2, 0.25) is 0 Å². The maximum atomic E-state index is 9.93. The summed E-state index contributed by atoms with van der Waals surface area (Å²) in [6.45, 7) is 0. The van der Waals surface area contributed by atoms with Crippen molar-refractivity contribution in [2.75, 3.05) is 0 Å². The van der Waals surface area contributed by atoms with Gasteiger partial charge in [-0.2, -0.15) is 4.57 Å². The highest BCUT2D eigenvalue weighted by atomic mass is 16.2. The quantitative estimate of drug-likeness (QED) is 0.396. The largest absolute Gasteiger partial charge is 0.351 e. The van der Waals surface area contributed by atoms with Crippen molar-refractivity contribution < 1.29 is 4.79 Å². The molecule has 0 unspecified atom stereocenters. The SMILES string of the molecule is NC(=O)n1c(=O)c1=O. The van der Waals surface area contributed by atoms with Gasteiger partial charge in [-0.25, -0.2) is 4.79 Å². The van der Waals surface area contributed by atoms with Gasteiger partial charge in [0, 0.05) is 0 Å². The van der Waals surface area contributed by atoms with Crippen molar-refractivity contribution in [1.82, 2.24) is 4.57 Å². The number of carbonyl (C=O) groups is 1. The minimum absolute atomic E-state index is 0.361. The van der Waals surface area contributed by atoms with Crippen molar-refractivity contribution in [1.29, 1.82) is 0 Å². The highest BCUT2D eigenvalue weighted by molar-refractivity contribution is 5.76.